The van der Waals surface area contributed by atoms with E-state index in [4.69, 9.17) is 11.0 Å². The van der Waals surface area contributed by atoms with E-state index in [2.05, 4.69) is 11.4 Å². The number of nitriles is 1. The molecule has 0 fully saturated rings. The number of nitrogens with one attached hydrogen (secondary N) is 1. The lowest BCUT2D eigenvalue weighted by atomic mass is 10.0. The van der Waals surface area contributed by atoms with Crippen molar-refractivity contribution in [3.63, 3.8) is 0 Å². The Hall–Kier alpha value is -2.87. The van der Waals surface area contributed by atoms with Gasteiger partial charge in [0, 0.05) is 12.0 Å². The molecular weight excluding hydrogens is 290 g/mol. The Balaban J connectivity index is 2.11. The number of rotatable bonds is 7. The largest absolute Gasteiger partial charge is 0.368 e. The minimum atomic E-state index is -0.722. The van der Waals surface area contributed by atoms with Gasteiger partial charge in [0.15, 0.2) is 0 Å². The molecule has 0 bridgehead atoms. The van der Waals surface area contributed by atoms with Gasteiger partial charge >= 0.3 is 0 Å². The number of primary amides is 1. The van der Waals surface area contributed by atoms with Crippen LogP contribution in [-0.2, 0) is 4.79 Å². The predicted molar refractivity (Wildman–Crippen MR) is 88.5 cm³/mol. The zero-order valence-electron chi connectivity index (χ0n) is 12.8. The van der Waals surface area contributed by atoms with E-state index in [1.165, 1.54) is 0 Å². The minimum Gasteiger partial charge on any atom is -0.368 e. The molecule has 118 valence electrons. The van der Waals surface area contributed by atoms with Crippen LogP contribution >= 0.6 is 0 Å². The molecule has 5 nitrogen and oxygen atoms in total. The standard InChI is InChI=1S/C18H19N3O2/c19-12-5-1-2-11-16(17(20)22)21-18(23)15-10-6-8-13-7-3-4-9-14(13)15/h3-4,6-10,16H,1-2,5,11H2,(H2,20,22)(H,21,23)/t16-/m0/s1. The summed E-state index contributed by atoms with van der Waals surface area (Å²) >= 11 is 0. The molecule has 2 rings (SSSR count). The fourth-order valence-electron chi connectivity index (χ4n) is 2.50. The molecule has 0 radical (unpaired) electrons. The second kappa shape index (κ2) is 7.95. The molecule has 2 aromatic carbocycles. The first-order valence-corrected chi connectivity index (χ1v) is 7.58. The van der Waals surface area contributed by atoms with Crippen LogP contribution in [0.2, 0.25) is 0 Å². The molecule has 0 aliphatic carbocycles. The minimum absolute atomic E-state index is 0.314. The first-order chi connectivity index (χ1) is 11.1. The maximum Gasteiger partial charge on any atom is 0.252 e. The Morgan fingerprint density at radius 1 is 1.13 bits per heavy atom. The molecule has 23 heavy (non-hydrogen) atoms. The number of carbonyl (C=O) groups excluding carboxylic acids is 2. The summed E-state index contributed by atoms with van der Waals surface area (Å²) in [6, 6.07) is 14.4. The van der Waals surface area contributed by atoms with Crippen molar-refractivity contribution in [2.24, 2.45) is 5.73 Å². The van der Waals surface area contributed by atoms with Crippen LogP contribution < -0.4 is 11.1 Å². The van der Waals surface area contributed by atoms with Gasteiger partial charge < -0.3 is 11.1 Å². The Morgan fingerprint density at radius 3 is 2.61 bits per heavy atom. The highest BCUT2D eigenvalue weighted by atomic mass is 16.2. The number of hydrogen-bond acceptors (Lipinski definition) is 3. The lowest BCUT2D eigenvalue weighted by Crippen LogP contribution is -2.44. The van der Waals surface area contributed by atoms with Crippen molar-refractivity contribution in [2.45, 2.75) is 31.7 Å². The van der Waals surface area contributed by atoms with E-state index in [0.717, 1.165) is 10.8 Å². The fraction of sp³-hybridized carbons (Fsp3) is 0.278. The van der Waals surface area contributed by atoms with E-state index >= 15 is 0 Å². The van der Waals surface area contributed by atoms with Gasteiger partial charge in [-0.15, -0.1) is 0 Å². The van der Waals surface area contributed by atoms with E-state index in [9.17, 15) is 9.59 Å². The molecule has 2 aromatic rings. The van der Waals surface area contributed by atoms with Gasteiger partial charge in [-0.05, 0) is 36.1 Å². The van der Waals surface area contributed by atoms with Gasteiger partial charge in [-0.2, -0.15) is 5.26 Å². The van der Waals surface area contributed by atoms with Crippen LogP contribution in [0.3, 0.4) is 0 Å². The highest BCUT2D eigenvalue weighted by molar-refractivity contribution is 6.08. The molecule has 5 heteroatoms. The van der Waals surface area contributed by atoms with Crippen LogP contribution in [0.4, 0.5) is 0 Å². The van der Waals surface area contributed by atoms with Gasteiger partial charge in [0.25, 0.3) is 5.91 Å². The first-order valence-electron chi connectivity index (χ1n) is 7.58. The third-order valence-corrected chi connectivity index (χ3v) is 3.71. The lowest BCUT2D eigenvalue weighted by Gasteiger charge is -2.16. The summed E-state index contributed by atoms with van der Waals surface area (Å²) in [6.07, 6.45) is 2.22. The second-order valence-electron chi connectivity index (χ2n) is 5.36. The van der Waals surface area contributed by atoms with Gasteiger partial charge in [-0.1, -0.05) is 36.4 Å². The van der Waals surface area contributed by atoms with E-state index in [0.29, 0.717) is 31.2 Å². The molecule has 0 saturated carbocycles. The van der Waals surface area contributed by atoms with E-state index < -0.39 is 11.9 Å². The predicted octanol–water partition coefficient (Wildman–Crippen LogP) is 2.51. The number of unbranched alkanes of at least 4 members (excludes halogenated alkanes) is 2. The molecule has 0 aliphatic heterocycles. The quantitative estimate of drug-likeness (QED) is 0.769. The van der Waals surface area contributed by atoms with Crippen LogP contribution in [0, 0.1) is 11.3 Å². The summed E-state index contributed by atoms with van der Waals surface area (Å²) in [7, 11) is 0. The van der Waals surface area contributed by atoms with Gasteiger partial charge in [0.1, 0.15) is 6.04 Å². The second-order valence-corrected chi connectivity index (χ2v) is 5.36. The molecular formula is C18H19N3O2. The van der Waals surface area contributed by atoms with Crippen LogP contribution in [0.1, 0.15) is 36.0 Å². The number of nitrogens with two attached hydrogens (primary N) is 1. The number of carbonyl (C=O) groups is 2. The SMILES string of the molecule is N#CCCCC[C@H](NC(=O)c1cccc2ccccc12)C(N)=O. The summed E-state index contributed by atoms with van der Waals surface area (Å²) in [6.45, 7) is 0. The normalized spacial score (nSPS) is 11.6. The number of fused-ring (bicyclic) bond motifs is 1. The van der Waals surface area contributed by atoms with Crippen molar-refractivity contribution < 1.29 is 9.59 Å². The first kappa shape index (κ1) is 16.5. The zero-order valence-corrected chi connectivity index (χ0v) is 12.8. The summed E-state index contributed by atoms with van der Waals surface area (Å²) in [5, 5.41) is 13.0. The average molecular weight is 309 g/mol. The molecule has 0 aromatic heterocycles. The summed E-state index contributed by atoms with van der Waals surface area (Å²) in [5.41, 5.74) is 5.89. The summed E-state index contributed by atoms with van der Waals surface area (Å²) in [4.78, 5) is 24.0. The Kier molecular flexibility index (Phi) is 5.70. The van der Waals surface area contributed by atoms with Crippen molar-refractivity contribution in [1.82, 2.24) is 5.32 Å². The lowest BCUT2D eigenvalue weighted by molar-refractivity contribution is -0.120. The topological polar surface area (TPSA) is 96.0 Å². The number of nitrogens with zero attached hydrogens (tertiary/aromatic N) is 1. The Labute approximate surface area is 135 Å². The highest BCUT2D eigenvalue weighted by Crippen LogP contribution is 2.18. The van der Waals surface area contributed by atoms with Crippen molar-refractivity contribution in [3.05, 3.63) is 48.0 Å². The molecule has 1 atom stereocenters. The van der Waals surface area contributed by atoms with Crippen molar-refractivity contribution in [3.8, 4) is 6.07 Å². The maximum atomic E-state index is 12.5. The average Bonchev–Trinajstić information content (AvgIpc) is 2.56. The molecule has 0 spiro atoms. The van der Waals surface area contributed by atoms with Crippen LogP contribution in [-0.4, -0.2) is 17.9 Å². The van der Waals surface area contributed by atoms with E-state index in [1.54, 1.807) is 6.07 Å². The third kappa shape index (κ3) is 4.30. The van der Waals surface area contributed by atoms with E-state index in [1.807, 2.05) is 36.4 Å². The number of hydrogen-bond donors (Lipinski definition) is 2. The summed E-state index contributed by atoms with van der Waals surface area (Å²) < 4.78 is 0. The fourth-order valence-corrected chi connectivity index (χ4v) is 2.50. The smallest absolute Gasteiger partial charge is 0.252 e. The molecule has 3 N–H and O–H groups in total. The van der Waals surface area contributed by atoms with Crippen LogP contribution in [0.25, 0.3) is 10.8 Å². The van der Waals surface area contributed by atoms with Crippen molar-refractivity contribution in [2.75, 3.05) is 0 Å². The van der Waals surface area contributed by atoms with Crippen molar-refractivity contribution in [1.29, 1.82) is 5.26 Å². The molecule has 0 unspecified atom stereocenters. The molecule has 0 saturated heterocycles. The van der Waals surface area contributed by atoms with Crippen LogP contribution in [0.5, 0.6) is 0 Å². The molecule has 0 aliphatic rings. The summed E-state index contributed by atoms with van der Waals surface area (Å²) in [5.74, 6) is -0.874. The van der Waals surface area contributed by atoms with Gasteiger partial charge in [-0.3, -0.25) is 9.59 Å². The van der Waals surface area contributed by atoms with Crippen molar-refractivity contribution >= 4 is 22.6 Å². The van der Waals surface area contributed by atoms with Gasteiger partial charge in [0.2, 0.25) is 5.91 Å². The molecule has 0 heterocycles. The Morgan fingerprint density at radius 2 is 1.87 bits per heavy atom. The zero-order chi connectivity index (χ0) is 16.7. The number of benzene rings is 2. The van der Waals surface area contributed by atoms with Gasteiger partial charge in [-0.25, -0.2) is 0 Å². The third-order valence-electron chi connectivity index (χ3n) is 3.71. The van der Waals surface area contributed by atoms with E-state index in [-0.39, 0.29) is 5.91 Å². The monoisotopic (exact) mass is 309 g/mol. The molecule has 2 amide bonds. The maximum absolute atomic E-state index is 12.5. The number of amides is 2. The van der Waals surface area contributed by atoms with Gasteiger partial charge in [0.05, 0.1) is 6.07 Å². The highest BCUT2D eigenvalue weighted by Gasteiger charge is 2.19. The Bertz CT molecular complexity index is 744. The van der Waals surface area contributed by atoms with Crippen LogP contribution in [0.15, 0.2) is 42.5 Å².